The van der Waals surface area contributed by atoms with Crippen LogP contribution in [0.1, 0.15) is 30.2 Å². The molecule has 4 nitrogen and oxygen atoms in total. The van der Waals surface area contributed by atoms with E-state index in [0.29, 0.717) is 18.1 Å². The molecule has 0 amide bonds. The maximum Gasteiger partial charge on any atom is 0.243 e. The molecule has 0 spiro atoms. The molecule has 2 rings (SSSR count). The van der Waals surface area contributed by atoms with Gasteiger partial charge >= 0.3 is 0 Å². The van der Waals surface area contributed by atoms with Crippen molar-refractivity contribution in [2.75, 3.05) is 0 Å². The van der Waals surface area contributed by atoms with Crippen LogP contribution in [0.2, 0.25) is 0 Å². The minimum atomic E-state index is -0.196. The van der Waals surface area contributed by atoms with Crippen molar-refractivity contribution < 1.29 is 4.52 Å². The van der Waals surface area contributed by atoms with Crippen molar-refractivity contribution in [1.82, 2.24) is 10.1 Å². The van der Waals surface area contributed by atoms with E-state index in [0.717, 1.165) is 0 Å². The van der Waals surface area contributed by atoms with E-state index in [1.54, 1.807) is 11.3 Å². The van der Waals surface area contributed by atoms with Gasteiger partial charge in [0.15, 0.2) is 5.82 Å². The van der Waals surface area contributed by atoms with Gasteiger partial charge in [-0.05, 0) is 29.3 Å². The van der Waals surface area contributed by atoms with E-state index in [9.17, 15) is 0 Å². The number of rotatable bonds is 3. The number of hydrogen-bond acceptors (Lipinski definition) is 5. The molecular formula is C9H12ClN3OS. The molecule has 0 saturated carbocycles. The van der Waals surface area contributed by atoms with Crippen LogP contribution in [0.4, 0.5) is 0 Å². The van der Waals surface area contributed by atoms with E-state index in [2.05, 4.69) is 15.5 Å². The third kappa shape index (κ3) is 3.02. The Hall–Kier alpha value is -0.910. The van der Waals surface area contributed by atoms with Gasteiger partial charge in [0.05, 0.1) is 6.04 Å². The second kappa shape index (κ2) is 5.25. The van der Waals surface area contributed by atoms with Gasteiger partial charge < -0.3 is 10.3 Å². The zero-order valence-corrected chi connectivity index (χ0v) is 9.85. The molecule has 2 N–H and O–H groups in total. The van der Waals surface area contributed by atoms with Crippen LogP contribution >= 0.6 is 23.7 Å². The normalized spacial score (nSPS) is 12.1. The second-order valence-electron chi connectivity index (χ2n) is 3.15. The Morgan fingerprint density at radius 1 is 1.60 bits per heavy atom. The van der Waals surface area contributed by atoms with Crippen LogP contribution in [0, 0.1) is 0 Å². The zero-order valence-electron chi connectivity index (χ0n) is 8.21. The van der Waals surface area contributed by atoms with Crippen LogP contribution in [0.3, 0.4) is 0 Å². The van der Waals surface area contributed by atoms with Gasteiger partial charge in [0.2, 0.25) is 5.89 Å². The smallest absolute Gasteiger partial charge is 0.243 e. The first-order valence-corrected chi connectivity index (χ1v) is 5.29. The molecule has 0 bridgehead atoms. The summed E-state index contributed by atoms with van der Waals surface area (Å²) in [6.07, 6.45) is 0.708. The van der Waals surface area contributed by atoms with Gasteiger partial charge in [-0.3, -0.25) is 0 Å². The fourth-order valence-electron chi connectivity index (χ4n) is 1.10. The Morgan fingerprint density at radius 2 is 2.40 bits per heavy atom. The number of hydrogen-bond donors (Lipinski definition) is 1. The topological polar surface area (TPSA) is 64.9 Å². The molecule has 0 aromatic carbocycles. The maximum atomic E-state index is 5.61. The van der Waals surface area contributed by atoms with E-state index in [-0.39, 0.29) is 18.4 Å². The lowest BCUT2D eigenvalue weighted by atomic mass is 10.2. The summed E-state index contributed by atoms with van der Waals surface area (Å²) in [5.74, 6) is 1.19. The monoisotopic (exact) mass is 245 g/mol. The molecule has 15 heavy (non-hydrogen) atoms. The molecule has 0 aliphatic heterocycles. The summed E-state index contributed by atoms with van der Waals surface area (Å²) in [4.78, 5) is 4.19. The Labute approximate surface area is 97.9 Å². The van der Waals surface area contributed by atoms with Gasteiger partial charge in [0, 0.05) is 6.42 Å². The van der Waals surface area contributed by atoms with Crippen LogP contribution in [0.25, 0.3) is 0 Å². The highest BCUT2D eigenvalue weighted by Gasteiger charge is 2.10. The lowest BCUT2D eigenvalue weighted by molar-refractivity contribution is 0.358. The predicted molar refractivity (Wildman–Crippen MR) is 61.3 cm³/mol. The highest BCUT2D eigenvalue weighted by molar-refractivity contribution is 7.07. The Kier molecular flexibility index (Phi) is 4.26. The van der Waals surface area contributed by atoms with Gasteiger partial charge in [-0.15, -0.1) is 12.4 Å². The fourth-order valence-corrected chi connectivity index (χ4v) is 1.77. The van der Waals surface area contributed by atoms with E-state index in [4.69, 9.17) is 10.3 Å². The first-order chi connectivity index (χ1) is 6.75. The summed E-state index contributed by atoms with van der Waals surface area (Å²) in [6.45, 7) is 1.82. The lowest BCUT2D eigenvalue weighted by Crippen LogP contribution is -2.05. The SMILES string of the molecule is CC(N)c1nc(Cc2ccsc2)no1.Cl. The first-order valence-electron chi connectivity index (χ1n) is 4.35. The molecule has 82 valence electrons. The predicted octanol–water partition coefficient (Wildman–Crippen LogP) is 2.16. The van der Waals surface area contributed by atoms with Gasteiger partial charge in [0.1, 0.15) is 0 Å². The summed E-state index contributed by atoms with van der Waals surface area (Å²) in [7, 11) is 0. The molecule has 2 aromatic heterocycles. The first kappa shape index (κ1) is 12.2. The molecule has 2 heterocycles. The van der Waals surface area contributed by atoms with Crippen LogP contribution < -0.4 is 5.73 Å². The van der Waals surface area contributed by atoms with Crippen LogP contribution in [-0.2, 0) is 6.42 Å². The summed E-state index contributed by atoms with van der Waals surface area (Å²) in [5, 5.41) is 7.95. The van der Waals surface area contributed by atoms with Gasteiger partial charge in [-0.1, -0.05) is 5.16 Å². The molecule has 0 radical (unpaired) electrons. The van der Waals surface area contributed by atoms with Crippen LogP contribution in [0.15, 0.2) is 21.3 Å². The van der Waals surface area contributed by atoms with Crippen molar-refractivity contribution in [3.63, 3.8) is 0 Å². The van der Waals surface area contributed by atoms with E-state index < -0.39 is 0 Å². The van der Waals surface area contributed by atoms with E-state index in [1.807, 2.05) is 18.4 Å². The number of thiophene rings is 1. The summed E-state index contributed by atoms with van der Waals surface area (Å²) >= 11 is 1.66. The third-order valence-corrected chi connectivity index (χ3v) is 2.55. The second-order valence-corrected chi connectivity index (χ2v) is 3.93. The molecule has 1 atom stereocenters. The summed E-state index contributed by atoms with van der Waals surface area (Å²) in [5.41, 5.74) is 6.81. The quantitative estimate of drug-likeness (QED) is 0.900. The Bertz CT molecular complexity index is 399. The van der Waals surface area contributed by atoms with Gasteiger partial charge in [-0.25, -0.2) is 0 Å². The average molecular weight is 246 g/mol. The Morgan fingerprint density at radius 3 is 2.93 bits per heavy atom. The number of aromatic nitrogens is 2. The molecule has 0 fully saturated rings. The molecule has 0 aliphatic rings. The van der Waals surface area contributed by atoms with Crippen molar-refractivity contribution in [3.05, 3.63) is 34.1 Å². The standard InChI is InChI=1S/C9H11N3OS.ClH/c1-6(10)9-11-8(12-13-9)4-7-2-3-14-5-7;/h2-3,5-6H,4,10H2,1H3;1H. The molecule has 6 heteroatoms. The minimum Gasteiger partial charge on any atom is -0.338 e. The van der Waals surface area contributed by atoms with Crippen molar-refractivity contribution in [3.8, 4) is 0 Å². The lowest BCUT2D eigenvalue weighted by Gasteiger charge is -1.93. The summed E-state index contributed by atoms with van der Waals surface area (Å²) < 4.78 is 4.99. The minimum absolute atomic E-state index is 0. The summed E-state index contributed by atoms with van der Waals surface area (Å²) in [6, 6.07) is 1.85. The van der Waals surface area contributed by atoms with Crippen LogP contribution in [-0.4, -0.2) is 10.1 Å². The largest absolute Gasteiger partial charge is 0.338 e. The van der Waals surface area contributed by atoms with Gasteiger partial charge in [-0.2, -0.15) is 16.3 Å². The zero-order chi connectivity index (χ0) is 9.97. The molecule has 1 unspecified atom stereocenters. The van der Waals surface area contributed by atoms with Crippen molar-refractivity contribution in [2.24, 2.45) is 5.73 Å². The fraction of sp³-hybridized carbons (Fsp3) is 0.333. The molecule has 2 aromatic rings. The number of nitrogens with zero attached hydrogens (tertiary/aromatic N) is 2. The third-order valence-electron chi connectivity index (χ3n) is 1.82. The van der Waals surface area contributed by atoms with Crippen molar-refractivity contribution >= 4 is 23.7 Å². The Balaban J connectivity index is 0.00000112. The average Bonchev–Trinajstić information content (AvgIpc) is 2.75. The van der Waals surface area contributed by atoms with E-state index >= 15 is 0 Å². The van der Waals surface area contributed by atoms with Gasteiger partial charge in [0.25, 0.3) is 0 Å². The highest BCUT2D eigenvalue weighted by atomic mass is 35.5. The molecule has 0 aliphatic carbocycles. The van der Waals surface area contributed by atoms with E-state index in [1.165, 1.54) is 5.56 Å². The number of nitrogens with two attached hydrogens (primary N) is 1. The molecule has 0 saturated heterocycles. The highest BCUT2D eigenvalue weighted by Crippen LogP contribution is 2.12. The molecular weight excluding hydrogens is 234 g/mol. The van der Waals surface area contributed by atoms with Crippen LogP contribution in [0.5, 0.6) is 0 Å². The van der Waals surface area contributed by atoms with Crippen molar-refractivity contribution in [2.45, 2.75) is 19.4 Å². The van der Waals surface area contributed by atoms with Crippen molar-refractivity contribution in [1.29, 1.82) is 0 Å². The number of halogens is 1. The maximum absolute atomic E-state index is 5.61.